The molecule has 4 rings (SSSR count). The minimum Gasteiger partial charge on any atom is -0.489 e. The maximum Gasteiger partial charge on any atom is 0.239 e. The quantitative estimate of drug-likeness (QED) is 0.354. The summed E-state index contributed by atoms with van der Waals surface area (Å²) in [4.78, 5) is 0. The van der Waals surface area contributed by atoms with Crippen LogP contribution in [-0.2, 0) is 17.8 Å². The minimum atomic E-state index is -1.53. The maximum absolute atomic E-state index is 10.4. The van der Waals surface area contributed by atoms with E-state index in [9.17, 15) is 20.4 Å². The molecule has 0 aliphatic carbocycles. The lowest BCUT2D eigenvalue weighted by Gasteiger charge is -2.39. The largest absolute Gasteiger partial charge is 0.489 e. The number of aliphatic hydroxyl groups excluding tert-OH is 4. The lowest BCUT2D eigenvalue weighted by molar-refractivity contribution is -0.278. The van der Waals surface area contributed by atoms with Crippen molar-refractivity contribution in [2.45, 2.75) is 70.5 Å². The fourth-order valence-electron chi connectivity index (χ4n) is 4.25. The zero-order valence-electron chi connectivity index (χ0n) is 20.7. The molecule has 9 heteroatoms. The molecule has 1 unspecified atom stereocenters. The molecule has 0 spiro atoms. The monoisotopic (exact) mass is 498 g/mol. The smallest absolute Gasteiger partial charge is 0.239 e. The molecule has 2 heterocycles. The second-order valence-corrected chi connectivity index (χ2v) is 9.32. The summed E-state index contributed by atoms with van der Waals surface area (Å²) in [7, 11) is 0. The van der Waals surface area contributed by atoms with Crippen LogP contribution in [0.1, 0.15) is 42.3 Å². The number of hydrogen-bond donors (Lipinski definition) is 4. The van der Waals surface area contributed by atoms with Gasteiger partial charge in [-0.05, 0) is 44.0 Å². The number of rotatable bonds is 9. The normalized spacial score (nSPS) is 24.2. The van der Waals surface area contributed by atoms with Gasteiger partial charge in [-0.3, -0.25) is 4.68 Å². The second-order valence-electron chi connectivity index (χ2n) is 9.32. The summed E-state index contributed by atoms with van der Waals surface area (Å²) >= 11 is 0. The molecule has 1 aromatic heterocycles. The Bertz CT molecular complexity index is 1120. The van der Waals surface area contributed by atoms with Crippen molar-refractivity contribution in [3.63, 3.8) is 0 Å². The summed E-state index contributed by atoms with van der Waals surface area (Å²) < 4.78 is 19.2. The third-order valence-corrected chi connectivity index (χ3v) is 6.36. The molecule has 5 atom stereocenters. The van der Waals surface area contributed by atoms with E-state index in [4.69, 9.17) is 14.2 Å². The first-order valence-electron chi connectivity index (χ1n) is 12.1. The third kappa shape index (κ3) is 5.71. The molecule has 0 bridgehead atoms. The van der Waals surface area contributed by atoms with Crippen LogP contribution in [0.25, 0.3) is 0 Å². The molecule has 3 aromatic rings. The molecular formula is C27H34N2O7. The molecule has 1 aliphatic rings. The van der Waals surface area contributed by atoms with Crippen LogP contribution in [-0.4, -0.2) is 67.5 Å². The van der Waals surface area contributed by atoms with E-state index in [0.717, 1.165) is 28.1 Å². The number of ether oxygens (including phenoxy) is 3. The van der Waals surface area contributed by atoms with Gasteiger partial charge in [-0.1, -0.05) is 42.5 Å². The van der Waals surface area contributed by atoms with Crippen molar-refractivity contribution in [1.82, 2.24) is 9.78 Å². The van der Waals surface area contributed by atoms with E-state index in [1.807, 2.05) is 80.1 Å². The first kappa shape index (κ1) is 26.1. The van der Waals surface area contributed by atoms with Gasteiger partial charge in [0.1, 0.15) is 36.8 Å². The SMILES string of the molecule is Cc1c(Cc2ccc(OCc3ccccc3)cc2)c(O[C@@H]2OC(CO)[C@@H](O)[C@H](O)[C@H]2O)nn1C(C)C. The van der Waals surface area contributed by atoms with Gasteiger partial charge in [0.15, 0.2) is 0 Å². The summed E-state index contributed by atoms with van der Waals surface area (Å²) in [5.41, 5.74) is 3.80. The van der Waals surface area contributed by atoms with Crippen LogP contribution in [0.4, 0.5) is 0 Å². The van der Waals surface area contributed by atoms with Crippen LogP contribution in [0.5, 0.6) is 11.6 Å². The zero-order valence-corrected chi connectivity index (χ0v) is 20.7. The summed E-state index contributed by atoms with van der Waals surface area (Å²) in [6.45, 7) is 5.90. The van der Waals surface area contributed by atoms with Gasteiger partial charge in [0.2, 0.25) is 12.2 Å². The molecule has 194 valence electrons. The van der Waals surface area contributed by atoms with Crippen molar-refractivity contribution in [3.05, 3.63) is 77.0 Å². The Labute approximate surface area is 210 Å². The standard InChI is InChI=1S/C27H34N2O7/c1-16(2)29-17(3)21(26(28-29)36-27-25(33)24(32)23(31)22(14-30)35-27)13-18-9-11-20(12-10-18)34-15-19-7-5-4-6-8-19/h4-12,16,22-25,27,30-33H,13-15H2,1-3H3/t22?,23-,24+,25-,27+/m1/s1. The lowest BCUT2D eigenvalue weighted by Crippen LogP contribution is -2.60. The van der Waals surface area contributed by atoms with Gasteiger partial charge in [0.25, 0.3) is 0 Å². The fraction of sp³-hybridized carbons (Fsp3) is 0.444. The second kappa shape index (κ2) is 11.4. The Kier molecular flexibility index (Phi) is 8.28. The Morgan fingerprint density at radius 3 is 2.28 bits per heavy atom. The van der Waals surface area contributed by atoms with Crippen LogP contribution < -0.4 is 9.47 Å². The van der Waals surface area contributed by atoms with Crippen molar-refractivity contribution in [1.29, 1.82) is 0 Å². The Morgan fingerprint density at radius 1 is 0.944 bits per heavy atom. The van der Waals surface area contributed by atoms with Gasteiger partial charge < -0.3 is 34.6 Å². The highest BCUT2D eigenvalue weighted by Crippen LogP contribution is 2.31. The molecular weight excluding hydrogens is 464 g/mol. The zero-order chi connectivity index (χ0) is 25.8. The van der Waals surface area contributed by atoms with Crippen LogP contribution in [0.15, 0.2) is 54.6 Å². The maximum atomic E-state index is 10.4. The van der Waals surface area contributed by atoms with Crippen LogP contribution in [0.3, 0.4) is 0 Å². The first-order chi connectivity index (χ1) is 17.3. The third-order valence-electron chi connectivity index (χ3n) is 6.36. The minimum absolute atomic E-state index is 0.0599. The Morgan fingerprint density at radius 2 is 1.64 bits per heavy atom. The average Bonchev–Trinajstić information content (AvgIpc) is 3.19. The van der Waals surface area contributed by atoms with Gasteiger partial charge in [0.05, 0.1) is 6.61 Å². The van der Waals surface area contributed by atoms with Gasteiger partial charge in [-0.25, -0.2) is 0 Å². The summed E-state index contributed by atoms with van der Waals surface area (Å²) in [6.07, 6.45) is -6.36. The molecule has 0 radical (unpaired) electrons. The van der Waals surface area contributed by atoms with Gasteiger partial charge in [-0.2, -0.15) is 0 Å². The van der Waals surface area contributed by atoms with Crippen LogP contribution in [0, 0.1) is 6.92 Å². The Balaban J connectivity index is 1.51. The predicted molar refractivity (Wildman–Crippen MR) is 132 cm³/mol. The van der Waals surface area contributed by atoms with Crippen molar-refractivity contribution in [2.75, 3.05) is 6.61 Å². The topological polar surface area (TPSA) is 126 Å². The summed E-state index contributed by atoms with van der Waals surface area (Å²) in [5, 5.41) is 44.7. The van der Waals surface area contributed by atoms with E-state index in [1.165, 1.54) is 0 Å². The molecule has 9 nitrogen and oxygen atoms in total. The van der Waals surface area contributed by atoms with Gasteiger partial charge in [0, 0.05) is 23.7 Å². The Hall–Kier alpha value is -2.95. The number of aliphatic hydroxyl groups is 4. The van der Waals surface area contributed by atoms with E-state index in [2.05, 4.69) is 5.10 Å². The van der Waals surface area contributed by atoms with Crippen molar-refractivity contribution in [2.24, 2.45) is 0 Å². The predicted octanol–water partition coefficient (Wildman–Crippen LogP) is 2.12. The molecule has 0 saturated carbocycles. The highest BCUT2D eigenvalue weighted by molar-refractivity contribution is 5.38. The first-order valence-corrected chi connectivity index (χ1v) is 12.1. The average molecular weight is 499 g/mol. The van der Waals surface area contributed by atoms with Crippen molar-refractivity contribution in [3.8, 4) is 11.6 Å². The molecule has 2 aromatic carbocycles. The van der Waals surface area contributed by atoms with Crippen molar-refractivity contribution < 1.29 is 34.6 Å². The van der Waals surface area contributed by atoms with Gasteiger partial charge >= 0.3 is 0 Å². The lowest BCUT2D eigenvalue weighted by atomic mass is 9.99. The number of benzene rings is 2. The highest BCUT2D eigenvalue weighted by atomic mass is 16.7. The van der Waals surface area contributed by atoms with Gasteiger partial charge in [-0.15, -0.1) is 5.10 Å². The van der Waals surface area contributed by atoms with Crippen molar-refractivity contribution >= 4 is 0 Å². The van der Waals surface area contributed by atoms with Crippen LogP contribution >= 0.6 is 0 Å². The molecule has 4 N–H and O–H groups in total. The highest BCUT2D eigenvalue weighted by Gasteiger charge is 2.45. The summed E-state index contributed by atoms with van der Waals surface area (Å²) in [5.74, 6) is 1.02. The number of hydrogen-bond acceptors (Lipinski definition) is 8. The fourth-order valence-corrected chi connectivity index (χ4v) is 4.25. The summed E-state index contributed by atoms with van der Waals surface area (Å²) in [6, 6.07) is 17.8. The molecule has 1 fully saturated rings. The number of aromatic nitrogens is 2. The van der Waals surface area contributed by atoms with E-state index in [1.54, 1.807) is 0 Å². The molecule has 0 amide bonds. The molecule has 1 aliphatic heterocycles. The molecule has 1 saturated heterocycles. The van der Waals surface area contributed by atoms with E-state index >= 15 is 0 Å². The number of nitrogens with zero attached hydrogens (tertiary/aromatic N) is 2. The molecule has 36 heavy (non-hydrogen) atoms. The van der Waals surface area contributed by atoms with E-state index < -0.39 is 37.3 Å². The van der Waals surface area contributed by atoms with E-state index in [0.29, 0.717) is 13.0 Å². The van der Waals surface area contributed by atoms with Crippen LogP contribution in [0.2, 0.25) is 0 Å². The van der Waals surface area contributed by atoms with E-state index in [-0.39, 0.29) is 11.9 Å².